The molecule has 0 saturated carbocycles. The van der Waals surface area contributed by atoms with Crippen molar-refractivity contribution >= 4 is 11.6 Å². The van der Waals surface area contributed by atoms with E-state index in [1.807, 2.05) is 43.3 Å². The minimum atomic E-state index is -0.545. The fourth-order valence-corrected chi connectivity index (χ4v) is 2.31. The molecule has 4 heteroatoms. The summed E-state index contributed by atoms with van der Waals surface area (Å²) in [4.78, 5) is 12.4. The molecule has 2 aromatic rings. The van der Waals surface area contributed by atoms with Crippen molar-refractivity contribution < 1.29 is 9.53 Å². The maximum Gasteiger partial charge on any atom is 0.265 e. The molecule has 0 fully saturated rings. The molecule has 0 aromatic heterocycles. The molecule has 1 atom stereocenters. The fourth-order valence-electron chi connectivity index (χ4n) is 2.31. The highest BCUT2D eigenvalue weighted by atomic mass is 16.5. The number of amides is 1. The molecule has 0 unspecified atom stereocenters. The molecule has 0 heterocycles. The highest BCUT2D eigenvalue weighted by Gasteiger charge is 2.18. The SMILES string of the molecule is CCc1ccc(O[C@H](CC)C(=O)Nc2ccc(CC#N)cc2)cc1. The largest absolute Gasteiger partial charge is 0.481 e. The van der Waals surface area contributed by atoms with Crippen molar-refractivity contribution in [3.63, 3.8) is 0 Å². The Morgan fingerprint density at radius 3 is 2.25 bits per heavy atom. The van der Waals surface area contributed by atoms with E-state index in [4.69, 9.17) is 10.00 Å². The predicted molar refractivity (Wildman–Crippen MR) is 94.9 cm³/mol. The lowest BCUT2D eigenvalue weighted by atomic mass is 10.1. The second-order valence-corrected chi connectivity index (χ2v) is 5.53. The van der Waals surface area contributed by atoms with E-state index in [1.165, 1.54) is 5.56 Å². The van der Waals surface area contributed by atoms with Crippen LogP contribution in [0.15, 0.2) is 48.5 Å². The van der Waals surface area contributed by atoms with Crippen LogP contribution < -0.4 is 10.1 Å². The van der Waals surface area contributed by atoms with Crippen LogP contribution in [0.5, 0.6) is 5.75 Å². The Morgan fingerprint density at radius 2 is 1.71 bits per heavy atom. The van der Waals surface area contributed by atoms with Crippen LogP contribution in [0.2, 0.25) is 0 Å². The average Bonchev–Trinajstić information content (AvgIpc) is 2.62. The van der Waals surface area contributed by atoms with Gasteiger partial charge in [0.25, 0.3) is 5.91 Å². The average molecular weight is 322 g/mol. The Hall–Kier alpha value is -2.80. The summed E-state index contributed by atoms with van der Waals surface area (Å²) in [6, 6.07) is 17.2. The topological polar surface area (TPSA) is 62.1 Å². The van der Waals surface area contributed by atoms with Gasteiger partial charge in [-0.3, -0.25) is 4.79 Å². The quantitative estimate of drug-likeness (QED) is 0.834. The molecule has 0 aliphatic heterocycles. The molecule has 24 heavy (non-hydrogen) atoms. The van der Waals surface area contributed by atoms with Gasteiger partial charge in [-0.2, -0.15) is 5.26 Å². The number of hydrogen-bond donors (Lipinski definition) is 1. The number of aryl methyl sites for hydroxylation is 1. The van der Waals surface area contributed by atoms with Crippen molar-refractivity contribution in [1.82, 2.24) is 0 Å². The first-order valence-electron chi connectivity index (χ1n) is 8.18. The number of nitriles is 1. The molecule has 0 bridgehead atoms. The number of hydrogen-bond acceptors (Lipinski definition) is 3. The zero-order valence-corrected chi connectivity index (χ0v) is 14.1. The first-order valence-corrected chi connectivity index (χ1v) is 8.18. The molecule has 0 spiro atoms. The number of nitrogens with one attached hydrogen (secondary N) is 1. The van der Waals surface area contributed by atoms with Crippen LogP contribution in [-0.2, 0) is 17.6 Å². The van der Waals surface area contributed by atoms with E-state index in [2.05, 4.69) is 18.3 Å². The van der Waals surface area contributed by atoms with Gasteiger partial charge in [0.2, 0.25) is 0 Å². The van der Waals surface area contributed by atoms with Gasteiger partial charge in [-0.15, -0.1) is 0 Å². The number of benzene rings is 2. The minimum Gasteiger partial charge on any atom is -0.481 e. The highest BCUT2D eigenvalue weighted by Crippen LogP contribution is 2.17. The molecule has 0 saturated heterocycles. The molecule has 1 N–H and O–H groups in total. The van der Waals surface area contributed by atoms with E-state index < -0.39 is 6.10 Å². The van der Waals surface area contributed by atoms with E-state index in [-0.39, 0.29) is 5.91 Å². The van der Waals surface area contributed by atoms with E-state index in [9.17, 15) is 4.79 Å². The second kappa shape index (κ2) is 8.73. The lowest BCUT2D eigenvalue weighted by Gasteiger charge is -2.17. The Labute approximate surface area is 143 Å². The van der Waals surface area contributed by atoms with Gasteiger partial charge in [0.1, 0.15) is 5.75 Å². The normalized spacial score (nSPS) is 11.4. The molecule has 124 valence electrons. The Balaban J connectivity index is 1.98. The van der Waals surface area contributed by atoms with Crippen LogP contribution in [0.1, 0.15) is 31.4 Å². The maximum atomic E-state index is 12.4. The van der Waals surface area contributed by atoms with Gasteiger partial charge in [-0.25, -0.2) is 0 Å². The van der Waals surface area contributed by atoms with E-state index in [0.29, 0.717) is 24.3 Å². The number of carbonyl (C=O) groups excluding carboxylic acids is 1. The van der Waals surface area contributed by atoms with E-state index in [1.54, 1.807) is 12.1 Å². The molecule has 2 aromatic carbocycles. The zero-order chi connectivity index (χ0) is 17.4. The molecular formula is C20H22N2O2. The fraction of sp³-hybridized carbons (Fsp3) is 0.300. The van der Waals surface area contributed by atoms with Crippen molar-refractivity contribution in [3.8, 4) is 11.8 Å². The van der Waals surface area contributed by atoms with Crippen LogP contribution in [-0.4, -0.2) is 12.0 Å². The summed E-state index contributed by atoms with van der Waals surface area (Å²) in [6.45, 7) is 4.01. The van der Waals surface area contributed by atoms with Crippen molar-refractivity contribution in [3.05, 3.63) is 59.7 Å². The van der Waals surface area contributed by atoms with Gasteiger partial charge in [0, 0.05) is 5.69 Å². The third kappa shape index (κ3) is 4.85. The number of ether oxygens (including phenoxy) is 1. The molecule has 0 aliphatic carbocycles. The summed E-state index contributed by atoms with van der Waals surface area (Å²) >= 11 is 0. The first kappa shape index (κ1) is 17.6. The van der Waals surface area contributed by atoms with Crippen molar-refractivity contribution in [2.75, 3.05) is 5.32 Å². The summed E-state index contributed by atoms with van der Waals surface area (Å²) in [5.74, 6) is 0.517. The van der Waals surface area contributed by atoms with Gasteiger partial charge in [-0.05, 0) is 48.2 Å². The number of rotatable bonds is 7. The summed E-state index contributed by atoms with van der Waals surface area (Å²) in [6.07, 6.45) is 1.37. The van der Waals surface area contributed by atoms with Gasteiger partial charge in [-0.1, -0.05) is 38.1 Å². The Kier molecular flexibility index (Phi) is 6.39. The molecular weight excluding hydrogens is 300 g/mol. The van der Waals surface area contributed by atoms with Crippen LogP contribution in [0.4, 0.5) is 5.69 Å². The predicted octanol–water partition coefficient (Wildman–Crippen LogP) is 4.11. The highest BCUT2D eigenvalue weighted by molar-refractivity contribution is 5.94. The zero-order valence-electron chi connectivity index (χ0n) is 14.1. The smallest absolute Gasteiger partial charge is 0.265 e. The Morgan fingerprint density at radius 1 is 1.08 bits per heavy atom. The molecule has 2 rings (SSSR count). The third-order valence-corrected chi connectivity index (χ3v) is 3.78. The monoisotopic (exact) mass is 322 g/mol. The summed E-state index contributed by atoms with van der Waals surface area (Å²) in [5, 5.41) is 11.5. The van der Waals surface area contributed by atoms with E-state index in [0.717, 1.165) is 12.0 Å². The minimum absolute atomic E-state index is 0.176. The first-order chi connectivity index (χ1) is 11.7. The van der Waals surface area contributed by atoms with Crippen molar-refractivity contribution in [2.45, 2.75) is 39.2 Å². The molecule has 1 amide bonds. The molecule has 0 aliphatic rings. The van der Waals surface area contributed by atoms with E-state index >= 15 is 0 Å². The molecule has 0 radical (unpaired) electrons. The lowest BCUT2D eigenvalue weighted by molar-refractivity contribution is -0.122. The van der Waals surface area contributed by atoms with Crippen molar-refractivity contribution in [1.29, 1.82) is 5.26 Å². The van der Waals surface area contributed by atoms with Gasteiger partial charge in [0.05, 0.1) is 12.5 Å². The van der Waals surface area contributed by atoms with Gasteiger partial charge in [0.15, 0.2) is 6.10 Å². The van der Waals surface area contributed by atoms with Crippen LogP contribution in [0.25, 0.3) is 0 Å². The van der Waals surface area contributed by atoms with Crippen LogP contribution in [0.3, 0.4) is 0 Å². The van der Waals surface area contributed by atoms with Gasteiger partial charge < -0.3 is 10.1 Å². The number of anilines is 1. The summed E-state index contributed by atoms with van der Waals surface area (Å²) < 4.78 is 5.80. The van der Waals surface area contributed by atoms with Crippen LogP contribution in [0, 0.1) is 11.3 Å². The molecule has 4 nitrogen and oxygen atoms in total. The standard InChI is InChI=1S/C20H22N2O2/c1-3-15-7-11-18(12-8-15)24-19(4-2)20(23)22-17-9-5-16(6-10-17)13-14-21/h5-12,19H,3-4,13H2,1-2H3,(H,22,23)/t19-/m1/s1. The second-order valence-electron chi connectivity index (χ2n) is 5.53. The lowest BCUT2D eigenvalue weighted by Crippen LogP contribution is -2.32. The third-order valence-electron chi connectivity index (χ3n) is 3.78. The Bertz CT molecular complexity index is 700. The summed E-state index contributed by atoms with van der Waals surface area (Å²) in [5.41, 5.74) is 2.86. The maximum absolute atomic E-state index is 12.4. The van der Waals surface area contributed by atoms with Gasteiger partial charge >= 0.3 is 0 Å². The van der Waals surface area contributed by atoms with Crippen LogP contribution >= 0.6 is 0 Å². The number of nitrogens with zero attached hydrogens (tertiary/aromatic N) is 1. The summed E-state index contributed by atoms with van der Waals surface area (Å²) in [7, 11) is 0. The number of carbonyl (C=O) groups is 1. The van der Waals surface area contributed by atoms with Crippen molar-refractivity contribution in [2.24, 2.45) is 0 Å².